The summed E-state index contributed by atoms with van der Waals surface area (Å²) < 4.78 is 0. The molecule has 1 unspecified atom stereocenters. The van der Waals surface area contributed by atoms with Crippen LogP contribution in [0.4, 0.5) is 0 Å². The number of aryl methyl sites for hydroxylation is 2. The second kappa shape index (κ2) is 9.15. The van der Waals surface area contributed by atoms with E-state index in [1.165, 1.54) is 27.6 Å². The van der Waals surface area contributed by atoms with E-state index in [9.17, 15) is 4.79 Å². The van der Waals surface area contributed by atoms with Crippen molar-refractivity contribution in [3.8, 4) is 0 Å². The standard InChI is InChI=1S/C19H19ClN2O.C8H10/c1-12(23)22-10-9-15-16-11-14(20)7-8-17(16)21-18(15)19(22)13-5-3-2-4-6-13;1-7-3-5-8(2)6-4-7/h3,5-8,11,19,21H,2,4,9-10H2,1H3;3-6H,1-2H3. The van der Waals surface area contributed by atoms with E-state index in [1.54, 1.807) is 6.92 Å². The minimum absolute atomic E-state index is 0.0148. The predicted molar refractivity (Wildman–Crippen MR) is 130 cm³/mol. The molecule has 1 amide bonds. The van der Waals surface area contributed by atoms with Crippen molar-refractivity contribution in [3.05, 3.63) is 93.7 Å². The maximum atomic E-state index is 12.2. The molecule has 0 fully saturated rings. The van der Waals surface area contributed by atoms with E-state index in [0.717, 1.165) is 42.0 Å². The van der Waals surface area contributed by atoms with Crippen molar-refractivity contribution in [1.82, 2.24) is 9.88 Å². The molecule has 2 heterocycles. The first-order valence-electron chi connectivity index (χ1n) is 10.9. The molecule has 0 saturated heterocycles. The number of nitrogens with one attached hydrogen (secondary N) is 1. The van der Waals surface area contributed by atoms with Gasteiger partial charge in [0.25, 0.3) is 0 Å². The maximum Gasteiger partial charge on any atom is 0.220 e. The Hall–Kier alpha value is -2.78. The largest absolute Gasteiger partial charge is 0.356 e. The van der Waals surface area contributed by atoms with Gasteiger partial charge in [-0.15, -0.1) is 0 Å². The van der Waals surface area contributed by atoms with Gasteiger partial charge in [0.1, 0.15) is 0 Å². The lowest BCUT2D eigenvalue weighted by molar-refractivity contribution is -0.130. The smallest absolute Gasteiger partial charge is 0.220 e. The first-order valence-corrected chi connectivity index (χ1v) is 11.3. The molecule has 1 aliphatic carbocycles. The van der Waals surface area contributed by atoms with Gasteiger partial charge in [0.15, 0.2) is 0 Å². The molecule has 2 aromatic carbocycles. The van der Waals surface area contributed by atoms with Crippen molar-refractivity contribution < 1.29 is 4.79 Å². The van der Waals surface area contributed by atoms with E-state index in [4.69, 9.17) is 11.6 Å². The zero-order valence-electron chi connectivity index (χ0n) is 18.4. The number of benzene rings is 2. The van der Waals surface area contributed by atoms with Gasteiger partial charge in [0.2, 0.25) is 5.91 Å². The number of hydrogen-bond donors (Lipinski definition) is 1. The van der Waals surface area contributed by atoms with Crippen LogP contribution in [0.15, 0.2) is 66.3 Å². The fourth-order valence-corrected chi connectivity index (χ4v) is 4.59. The van der Waals surface area contributed by atoms with Gasteiger partial charge in [-0.05, 0) is 62.4 Å². The van der Waals surface area contributed by atoms with E-state index < -0.39 is 0 Å². The summed E-state index contributed by atoms with van der Waals surface area (Å²) in [7, 11) is 0. The van der Waals surface area contributed by atoms with Crippen LogP contribution in [0.5, 0.6) is 0 Å². The van der Waals surface area contributed by atoms with Crippen LogP contribution in [-0.4, -0.2) is 22.3 Å². The van der Waals surface area contributed by atoms with Crippen molar-refractivity contribution >= 4 is 28.4 Å². The maximum absolute atomic E-state index is 12.2. The molecule has 0 spiro atoms. The number of amides is 1. The minimum atomic E-state index is -0.0148. The number of fused-ring (bicyclic) bond motifs is 3. The van der Waals surface area contributed by atoms with Gasteiger partial charge in [-0.3, -0.25) is 4.79 Å². The molecule has 1 N–H and O–H groups in total. The Morgan fingerprint density at radius 1 is 1.06 bits per heavy atom. The SMILES string of the molecule is CC(=O)N1CCc2c([nH]c3ccc(Cl)cc23)C1C1=CCCC=C1.Cc1ccc(C)cc1. The Morgan fingerprint density at radius 2 is 1.77 bits per heavy atom. The lowest BCUT2D eigenvalue weighted by atomic mass is 9.89. The third-order valence-corrected chi connectivity index (χ3v) is 6.29. The van der Waals surface area contributed by atoms with Crippen molar-refractivity contribution in [3.63, 3.8) is 0 Å². The Bertz CT molecular complexity index is 1130. The number of rotatable bonds is 1. The monoisotopic (exact) mass is 432 g/mol. The van der Waals surface area contributed by atoms with Crippen LogP contribution in [0.3, 0.4) is 0 Å². The second-order valence-electron chi connectivity index (χ2n) is 8.41. The van der Waals surface area contributed by atoms with Gasteiger partial charge in [0, 0.05) is 35.1 Å². The van der Waals surface area contributed by atoms with Gasteiger partial charge < -0.3 is 9.88 Å². The first-order chi connectivity index (χ1) is 14.9. The molecule has 1 aromatic heterocycles. The Balaban J connectivity index is 0.000000245. The molecular weight excluding hydrogens is 404 g/mol. The van der Waals surface area contributed by atoms with E-state index in [0.29, 0.717) is 0 Å². The summed E-state index contributed by atoms with van der Waals surface area (Å²) in [5, 5.41) is 1.93. The number of aromatic nitrogens is 1. The van der Waals surface area contributed by atoms with E-state index in [2.05, 4.69) is 61.3 Å². The predicted octanol–water partition coefficient (Wildman–Crippen LogP) is 6.85. The highest BCUT2D eigenvalue weighted by molar-refractivity contribution is 6.31. The zero-order chi connectivity index (χ0) is 22.0. The molecule has 0 bridgehead atoms. The van der Waals surface area contributed by atoms with Gasteiger partial charge in [-0.25, -0.2) is 0 Å². The Morgan fingerprint density at radius 3 is 2.39 bits per heavy atom. The Labute approximate surface area is 189 Å². The molecule has 0 radical (unpaired) electrons. The number of allylic oxidation sites excluding steroid dienone is 2. The number of halogens is 1. The van der Waals surface area contributed by atoms with Crippen molar-refractivity contribution in [2.45, 2.75) is 46.1 Å². The number of aromatic amines is 1. The molecule has 31 heavy (non-hydrogen) atoms. The van der Waals surface area contributed by atoms with Gasteiger partial charge in [-0.2, -0.15) is 0 Å². The quantitative estimate of drug-likeness (QED) is 0.448. The van der Waals surface area contributed by atoms with Gasteiger partial charge in [-0.1, -0.05) is 65.2 Å². The van der Waals surface area contributed by atoms with Crippen molar-refractivity contribution in [2.75, 3.05) is 6.54 Å². The van der Waals surface area contributed by atoms with Crippen molar-refractivity contribution in [1.29, 1.82) is 0 Å². The van der Waals surface area contributed by atoms with E-state index in [-0.39, 0.29) is 11.9 Å². The highest BCUT2D eigenvalue weighted by atomic mass is 35.5. The molecule has 5 rings (SSSR count). The summed E-state index contributed by atoms with van der Waals surface area (Å²) in [5.41, 5.74) is 7.40. The summed E-state index contributed by atoms with van der Waals surface area (Å²) in [4.78, 5) is 17.7. The van der Waals surface area contributed by atoms with Crippen LogP contribution in [0.2, 0.25) is 5.02 Å². The summed E-state index contributed by atoms with van der Waals surface area (Å²) >= 11 is 6.18. The van der Waals surface area contributed by atoms with Crippen LogP contribution in [0, 0.1) is 13.8 Å². The lowest BCUT2D eigenvalue weighted by Crippen LogP contribution is -2.39. The fraction of sp³-hybridized carbons (Fsp3) is 0.296. The highest BCUT2D eigenvalue weighted by Crippen LogP contribution is 2.40. The van der Waals surface area contributed by atoms with Crippen LogP contribution >= 0.6 is 11.6 Å². The molecule has 2 aliphatic rings. The molecular formula is C27H29ClN2O. The summed E-state index contributed by atoms with van der Waals surface area (Å²) in [6.07, 6.45) is 9.59. The summed E-state index contributed by atoms with van der Waals surface area (Å²) in [6, 6.07) is 14.4. The molecule has 1 aliphatic heterocycles. The molecule has 4 heteroatoms. The zero-order valence-corrected chi connectivity index (χ0v) is 19.2. The van der Waals surface area contributed by atoms with Gasteiger partial charge in [0.05, 0.1) is 6.04 Å². The average Bonchev–Trinajstić information content (AvgIpc) is 3.14. The third kappa shape index (κ3) is 4.62. The molecule has 3 nitrogen and oxygen atoms in total. The van der Waals surface area contributed by atoms with Gasteiger partial charge >= 0.3 is 0 Å². The average molecular weight is 433 g/mol. The molecule has 0 saturated carbocycles. The lowest BCUT2D eigenvalue weighted by Gasteiger charge is -2.36. The minimum Gasteiger partial charge on any atom is -0.356 e. The number of hydrogen-bond acceptors (Lipinski definition) is 1. The van der Waals surface area contributed by atoms with Crippen LogP contribution in [0.25, 0.3) is 10.9 Å². The van der Waals surface area contributed by atoms with E-state index >= 15 is 0 Å². The van der Waals surface area contributed by atoms with Crippen LogP contribution in [0.1, 0.15) is 48.2 Å². The van der Waals surface area contributed by atoms with Crippen molar-refractivity contribution in [2.24, 2.45) is 0 Å². The third-order valence-electron chi connectivity index (χ3n) is 6.05. The molecule has 1 atom stereocenters. The summed E-state index contributed by atoms with van der Waals surface area (Å²) in [5.74, 6) is 0.122. The normalized spacial score (nSPS) is 17.6. The van der Waals surface area contributed by atoms with Crippen LogP contribution in [-0.2, 0) is 11.2 Å². The second-order valence-corrected chi connectivity index (χ2v) is 8.85. The Kier molecular flexibility index (Phi) is 6.33. The number of carbonyl (C=O) groups is 1. The topological polar surface area (TPSA) is 36.1 Å². The number of nitrogens with zero attached hydrogens (tertiary/aromatic N) is 1. The fourth-order valence-electron chi connectivity index (χ4n) is 4.42. The van der Waals surface area contributed by atoms with E-state index in [1.807, 2.05) is 23.1 Å². The number of H-pyrrole nitrogens is 1. The molecule has 160 valence electrons. The first kappa shape index (κ1) is 21.5. The number of carbonyl (C=O) groups excluding carboxylic acids is 1. The highest BCUT2D eigenvalue weighted by Gasteiger charge is 2.33. The molecule has 3 aromatic rings. The van der Waals surface area contributed by atoms with Crippen LogP contribution < -0.4 is 0 Å². The summed E-state index contributed by atoms with van der Waals surface area (Å²) in [6.45, 7) is 6.60.